The molecule has 18 heavy (non-hydrogen) atoms. The van der Waals surface area contributed by atoms with Crippen molar-refractivity contribution in [2.45, 2.75) is 53.4 Å². The third kappa shape index (κ3) is 6.39. The summed E-state index contributed by atoms with van der Waals surface area (Å²) < 4.78 is 0. The molecule has 2 N–H and O–H groups in total. The highest BCUT2D eigenvalue weighted by Crippen LogP contribution is 2.24. The predicted molar refractivity (Wildman–Crippen MR) is 76.5 cm³/mol. The van der Waals surface area contributed by atoms with Crippen LogP contribution in [0.25, 0.3) is 0 Å². The lowest BCUT2D eigenvalue weighted by Gasteiger charge is -2.28. The van der Waals surface area contributed by atoms with Crippen LogP contribution in [0, 0.1) is 17.3 Å². The van der Waals surface area contributed by atoms with Gasteiger partial charge in [0.05, 0.1) is 0 Å². The minimum atomic E-state index is 0.206. The molecule has 0 aliphatic carbocycles. The van der Waals surface area contributed by atoms with Gasteiger partial charge in [-0.1, -0.05) is 27.7 Å². The third-order valence-electron chi connectivity index (χ3n) is 3.66. The molecule has 0 aromatic carbocycles. The first-order valence-electron chi connectivity index (χ1n) is 7.36. The number of hydrogen-bond donors (Lipinski definition) is 2. The fourth-order valence-electron chi connectivity index (χ4n) is 2.94. The molecule has 0 spiro atoms. The van der Waals surface area contributed by atoms with Crippen molar-refractivity contribution >= 4 is 5.91 Å². The highest BCUT2D eigenvalue weighted by atomic mass is 16.1. The van der Waals surface area contributed by atoms with Crippen molar-refractivity contribution in [3.8, 4) is 0 Å². The topological polar surface area (TPSA) is 41.1 Å². The van der Waals surface area contributed by atoms with Gasteiger partial charge in [-0.15, -0.1) is 0 Å². The second kappa shape index (κ2) is 7.13. The molecule has 1 amide bonds. The minimum Gasteiger partial charge on any atom is -0.356 e. The van der Waals surface area contributed by atoms with Crippen LogP contribution in [0.15, 0.2) is 0 Å². The van der Waals surface area contributed by atoms with Crippen molar-refractivity contribution in [1.82, 2.24) is 10.6 Å². The molecule has 0 radical (unpaired) electrons. The van der Waals surface area contributed by atoms with Gasteiger partial charge in [-0.3, -0.25) is 4.79 Å². The number of carbonyl (C=O) groups excluding carboxylic acids is 1. The zero-order valence-electron chi connectivity index (χ0n) is 12.5. The Balaban J connectivity index is 2.23. The van der Waals surface area contributed by atoms with E-state index in [0.29, 0.717) is 18.3 Å². The van der Waals surface area contributed by atoms with E-state index >= 15 is 0 Å². The van der Waals surface area contributed by atoms with Gasteiger partial charge in [0.1, 0.15) is 0 Å². The van der Waals surface area contributed by atoms with Crippen molar-refractivity contribution in [1.29, 1.82) is 0 Å². The van der Waals surface area contributed by atoms with Gasteiger partial charge in [0.2, 0.25) is 5.91 Å². The van der Waals surface area contributed by atoms with E-state index in [0.717, 1.165) is 38.9 Å². The molecule has 1 heterocycles. The van der Waals surface area contributed by atoms with Crippen LogP contribution >= 0.6 is 0 Å². The maximum atomic E-state index is 11.9. The quantitative estimate of drug-likeness (QED) is 0.765. The van der Waals surface area contributed by atoms with E-state index in [1.807, 2.05) is 0 Å². The van der Waals surface area contributed by atoms with E-state index in [4.69, 9.17) is 0 Å². The monoisotopic (exact) mass is 254 g/mol. The van der Waals surface area contributed by atoms with Gasteiger partial charge in [0, 0.05) is 13.0 Å². The normalized spacial score (nSPS) is 18.1. The number of carbonyl (C=O) groups is 1. The summed E-state index contributed by atoms with van der Waals surface area (Å²) in [5.41, 5.74) is 0.206. The second-order valence-corrected chi connectivity index (χ2v) is 6.94. The SMILES string of the molecule is CC(C)CC(C)(C)CNC(=O)CC1CCNCC1. The molecule has 1 aliphatic rings. The molecule has 0 bridgehead atoms. The van der Waals surface area contributed by atoms with Gasteiger partial charge in [0.25, 0.3) is 0 Å². The second-order valence-electron chi connectivity index (χ2n) is 6.94. The first-order chi connectivity index (χ1) is 8.39. The molecule has 0 unspecified atom stereocenters. The Morgan fingerprint density at radius 3 is 2.50 bits per heavy atom. The summed E-state index contributed by atoms with van der Waals surface area (Å²) in [6.07, 6.45) is 4.14. The summed E-state index contributed by atoms with van der Waals surface area (Å²) >= 11 is 0. The molecule has 0 aromatic rings. The molecule has 0 saturated carbocycles. The van der Waals surface area contributed by atoms with Crippen molar-refractivity contribution in [3.63, 3.8) is 0 Å². The Bertz CT molecular complexity index is 255. The lowest BCUT2D eigenvalue weighted by Crippen LogP contribution is -2.37. The van der Waals surface area contributed by atoms with Gasteiger partial charge in [0.15, 0.2) is 0 Å². The Morgan fingerprint density at radius 2 is 1.94 bits per heavy atom. The van der Waals surface area contributed by atoms with Crippen LogP contribution in [-0.4, -0.2) is 25.5 Å². The number of nitrogens with one attached hydrogen (secondary N) is 2. The van der Waals surface area contributed by atoms with Crippen LogP contribution in [0.5, 0.6) is 0 Å². The van der Waals surface area contributed by atoms with E-state index in [9.17, 15) is 4.79 Å². The summed E-state index contributed by atoms with van der Waals surface area (Å²) in [6.45, 7) is 11.9. The predicted octanol–water partition coefficient (Wildman–Crippen LogP) is 2.56. The molecule has 0 atom stereocenters. The molecule has 3 heteroatoms. The molecule has 1 aliphatic heterocycles. The Labute approximate surface area is 112 Å². The maximum Gasteiger partial charge on any atom is 0.220 e. The van der Waals surface area contributed by atoms with Gasteiger partial charge < -0.3 is 10.6 Å². The summed E-state index contributed by atoms with van der Waals surface area (Å²) in [6, 6.07) is 0. The number of piperidine rings is 1. The zero-order valence-corrected chi connectivity index (χ0v) is 12.5. The first kappa shape index (κ1) is 15.5. The number of amides is 1. The van der Waals surface area contributed by atoms with Gasteiger partial charge >= 0.3 is 0 Å². The van der Waals surface area contributed by atoms with Crippen LogP contribution < -0.4 is 10.6 Å². The summed E-state index contributed by atoms with van der Waals surface area (Å²) in [7, 11) is 0. The van der Waals surface area contributed by atoms with E-state index < -0.39 is 0 Å². The van der Waals surface area contributed by atoms with Crippen molar-refractivity contribution in [2.24, 2.45) is 17.3 Å². The van der Waals surface area contributed by atoms with E-state index in [1.54, 1.807) is 0 Å². The van der Waals surface area contributed by atoms with Gasteiger partial charge in [-0.25, -0.2) is 0 Å². The molecule has 0 aromatic heterocycles. The van der Waals surface area contributed by atoms with Crippen LogP contribution in [-0.2, 0) is 4.79 Å². The lowest BCUT2D eigenvalue weighted by atomic mass is 9.84. The average molecular weight is 254 g/mol. The summed E-state index contributed by atoms with van der Waals surface area (Å²) in [5, 5.41) is 6.45. The van der Waals surface area contributed by atoms with Crippen LogP contribution in [0.2, 0.25) is 0 Å². The standard InChI is InChI=1S/C15H30N2O/c1-12(2)10-15(3,4)11-17-14(18)9-13-5-7-16-8-6-13/h12-13,16H,5-11H2,1-4H3,(H,17,18). The molecular formula is C15H30N2O. The Morgan fingerprint density at radius 1 is 1.33 bits per heavy atom. The van der Waals surface area contributed by atoms with E-state index in [1.165, 1.54) is 0 Å². The number of rotatable bonds is 6. The molecular weight excluding hydrogens is 224 g/mol. The third-order valence-corrected chi connectivity index (χ3v) is 3.66. The van der Waals surface area contributed by atoms with Crippen LogP contribution in [0.4, 0.5) is 0 Å². The fraction of sp³-hybridized carbons (Fsp3) is 0.933. The summed E-state index contributed by atoms with van der Waals surface area (Å²) in [5.74, 6) is 1.50. The van der Waals surface area contributed by atoms with Crippen LogP contribution in [0.3, 0.4) is 0 Å². The van der Waals surface area contributed by atoms with E-state index in [-0.39, 0.29) is 11.3 Å². The fourth-order valence-corrected chi connectivity index (χ4v) is 2.94. The molecule has 1 fully saturated rings. The smallest absolute Gasteiger partial charge is 0.220 e. The van der Waals surface area contributed by atoms with E-state index in [2.05, 4.69) is 38.3 Å². The minimum absolute atomic E-state index is 0.206. The van der Waals surface area contributed by atoms with Crippen molar-refractivity contribution < 1.29 is 4.79 Å². The Kier molecular flexibility index (Phi) is 6.13. The van der Waals surface area contributed by atoms with Gasteiger partial charge in [-0.2, -0.15) is 0 Å². The molecule has 3 nitrogen and oxygen atoms in total. The highest BCUT2D eigenvalue weighted by molar-refractivity contribution is 5.76. The molecule has 1 rings (SSSR count). The highest BCUT2D eigenvalue weighted by Gasteiger charge is 2.22. The zero-order chi connectivity index (χ0) is 13.6. The van der Waals surface area contributed by atoms with Gasteiger partial charge in [-0.05, 0) is 49.6 Å². The lowest BCUT2D eigenvalue weighted by molar-refractivity contribution is -0.122. The Hall–Kier alpha value is -0.570. The largest absolute Gasteiger partial charge is 0.356 e. The first-order valence-corrected chi connectivity index (χ1v) is 7.36. The number of hydrogen-bond acceptors (Lipinski definition) is 2. The maximum absolute atomic E-state index is 11.9. The van der Waals surface area contributed by atoms with Crippen molar-refractivity contribution in [2.75, 3.05) is 19.6 Å². The summed E-state index contributed by atoms with van der Waals surface area (Å²) in [4.78, 5) is 11.9. The molecule has 106 valence electrons. The van der Waals surface area contributed by atoms with Crippen LogP contribution in [0.1, 0.15) is 53.4 Å². The van der Waals surface area contributed by atoms with Crippen molar-refractivity contribution in [3.05, 3.63) is 0 Å². The molecule has 1 saturated heterocycles. The average Bonchev–Trinajstić information content (AvgIpc) is 2.26.